The third kappa shape index (κ3) is 1.94. The van der Waals surface area contributed by atoms with Crippen molar-refractivity contribution in [2.75, 3.05) is 23.3 Å². The number of rotatable bonds is 4. The zero-order valence-electron chi connectivity index (χ0n) is 7.24. The summed E-state index contributed by atoms with van der Waals surface area (Å²) in [6.45, 7) is 3.92. The molecular formula is C6H12BrN5. The molecule has 6 heteroatoms. The Labute approximate surface area is 79.9 Å². The zero-order chi connectivity index (χ0) is 8.97. The third-order valence-electron chi connectivity index (χ3n) is 1.62. The van der Waals surface area contributed by atoms with Crippen LogP contribution in [-0.2, 0) is 7.05 Å². The Hall–Kier alpha value is -0.650. The Balaban J connectivity index is 2.72. The first-order valence-corrected chi connectivity index (χ1v) is 4.95. The zero-order valence-corrected chi connectivity index (χ0v) is 8.82. The molecule has 0 aliphatic heterocycles. The summed E-state index contributed by atoms with van der Waals surface area (Å²) in [5.41, 5.74) is 0. The third-order valence-corrected chi connectivity index (χ3v) is 1.97. The second-order valence-corrected chi connectivity index (χ2v) is 3.16. The minimum atomic E-state index is 0.817. The SMILES string of the molecule is CCN(CCBr)c1nnnn1C. The van der Waals surface area contributed by atoms with E-state index in [1.165, 1.54) is 0 Å². The number of hydrogen-bond donors (Lipinski definition) is 0. The number of tetrazole rings is 1. The summed E-state index contributed by atoms with van der Waals surface area (Å²) in [6, 6.07) is 0. The Morgan fingerprint density at radius 1 is 1.58 bits per heavy atom. The van der Waals surface area contributed by atoms with Crippen molar-refractivity contribution >= 4 is 21.9 Å². The molecule has 0 saturated heterocycles. The molecule has 1 rings (SSSR count). The molecule has 0 aliphatic carbocycles. The quantitative estimate of drug-likeness (QED) is 0.709. The van der Waals surface area contributed by atoms with E-state index in [0.29, 0.717) is 0 Å². The van der Waals surface area contributed by atoms with Crippen LogP contribution in [0.1, 0.15) is 6.92 Å². The van der Waals surface area contributed by atoms with Gasteiger partial charge in [-0.15, -0.1) is 0 Å². The largest absolute Gasteiger partial charge is 0.339 e. The van der Waals surface area contributed by atoms with E-state index in [2.05, 4.69) is 43.3 Å². The minimum absolute atomic E-state index is 0.817. The van der Waals surface area contributed by atoms with Gasteiger partial charge in [0.05, 0.1) is 0 Å². The van der Waals surface area contributed by atoms with E-state index in [0.717, 1.165) is 24.4 Å². The molecule has 0 unspecified atom stereocenters. The van der Waals surface area contributed by atoms with Gasteiger partial charge in [-0.05, 0) is 17.4 Å². The predicted octanol–water partition coefficient (Wildman–Crippen LogP) is 0.431. The summed E-state index contributed by atoms with van der Waals surface area (Å²) < 4.78 is 1.67. The highest BCUT2D eigenvalue weighted by Gasteiger charge is 2.09. The fourth-order valence-corrected chi connectivity index (χ4v) is 1.42. The predicted molar refractivity (Wildman–Crippen MR) is 50.5 cm³/mol. The van der Waals surface area contributed by atoms with Crippen LogP contribution in [0.4, 0.5) is 5.95 Å². The molecular weight excluding hydrogens is 222 g/mol. The van der Waals surface area contributed by atoms with Gasteiger partial charge in [0.2, 0.25) is 5.95 Å². The Bertz CT molecular complexity index is 236. The van der Waals surface area contributed by atoms with Crippen LogP contribution in [0, 0.1) is 0 Å². The van der Waals surface area contributed by atoms with E-state index in [-0.39, 0.29) is 0 Å². The Kier molecular flexibility index (Phi) is 3.46. The molecule has 0 saturated carbocycles. The maximum Gasteiger partial charge on any atom is 0.245 e. The van der Waals surface area contributed by atoms with Gasteiger partial charge in [-0.3, -0.25) is 0 Å². The highest BCUT2D eigenvalue weighted by molar-refractivity contribution is 9.09. The van der Waals surface area contributed by atoms with Crippen LogP contribution >= 0.6 is 15.9 Å². The molecule has 0 atom stereocenters. The number of aryl methyl sites for hydroxylation is 1. The lowest BCUT2D eigenvalue weighted by molar-refractivity contribution is 0.691. The summed E-state index contributed by atoms with van der Waals surface area (Å²) in [4.78, 5) is 2.11. The lowest BCUT2D eigenvalue weighted by atomic mass is 10.5. The van der Waals surface area contributed by atoms with Crippen LogP contribution in [0.25, 0.3) is 0 Å². The van der Waals surface area contributed by atoms with Gasteiger partial charge in [0, 0.05) is 25.5 Å². The number of halogens is 1. The van der Waals surface area contributed by atoms with Crippen molar-refractivity contribution in [3.05, 3.63) is 0 Å². The molecule has 0 radical (unpaired) electrons. The minimum Gasteiger partial charge on any atom is -0.339 e. The second kappa shape index (κ2) is 4.39. The Morgan fingerprint density at radius 3 is 2.75 bits per heavy atom. The molecule has 0 amide bonds. The number of aromatic nitrogens is 4. The topological polar surface area (TPSA) is 46.8 Å². The molecule has 12 heavy (non-hydrogen) atoms. The van der Waals surface area contributed by atoms with Crippen LogP contribution in [-0.4, -0.2) is 38.6 Å². The van der Waals surface area contributed by atoms with Gasteiger partial charge in [0.1, 0.15) is 0 Å². The van der Waals surface area contributed by atoms with E-state index in [9.17, 15) is 0 Å². The van der Waals surface area contributed by atoms with E-state index < -0.39 is 0 Å². The van der Waals surface area contributed by atoms with Crippen molar-refractivity contribution in [1.29, 1.82) is 0 Å². The van der Waals surface area contributed by atoms with E-state index in [1.54, 1.807) is 4.68 Å². The highest BCUT2D eigenvalue weighted by Crippen LogP contribution is 2.05. The molecule has 5 nitrogen and oxygen atoms in total. The second-order valence-electron chi connectivity index (χ2n) is 2.37. The molecule has 0 N–H and O–H groups in total. The summed E-state index contributed by atoms with van der Waals surface area (Å²) in [6.07, 6.45) is 0. The standard InChI is InChI=1S/C6H12BrN5/c1-3-12(5-4-7)6-8-9-10-11(6)2/h3-5H2,1-2H3. The summed E-state index contributed by atoms with van der Waals surface area (Å²) >= 11 is 3.38. The summed E-state index contributed by atoms with van der Waals surface area (Å²) in [7, 11) is 1.84. The fourth-order valence-electron chi connectivity index (χ4n) is 0.994. The van der Waals surface area contributed by atoms with Gasteiger partial charge in [-0.25, -0.2) is 4.68 Å². The van der Waals surface area contributed by atoms with Crippen molar-refractivity contribution in [1.82, 2.24) is 20.2 Å². The van der Waals surface area contributed by atoms with Gasteiger partial charge in [-0.2, -0.15) is 0 Å². The molecule has 0 bridgehead atoms. The van der Waals surface area contributed by atoms with E-state index >= 15 is 0 Å². The van der Waals surface area contributed by atoms with Gasteiger partial charge in [-0.1, -0.05) is 21.0 Å². The summed E-state index contributed by atoms with van der Waals surface area (Å²) in [5, 5.41) is 12.2. The lowest BCUT2D eigenvalue weighted by Gasteiger charge is -2.18. The highest BCUT2D eigenvalue weighted by atomic mass is 79.9. The Morgan fingerprint density at radius 2 is 2.33 bits per heavy atom. The van der Waals surface area contributed by atoms with Crippen LogP contribution in [0.15, 0.2) is 0 Å². The van der Waals surface area contributed by atoms with Crippen LogP contribution in [0.5, 0.6) is 0 Å². The molecule has 0 spiro atoms. The van der Waals surface area contributed by atoms with E-state index in [4.69, 9.17) is 0 Å². The maximum atomic E-state index is 3.91. The van der Waals surface area contributed by atoms with Crippen LogP contribution < -0.4 is 4.90 Å². The van der Waals surface area contributed by atoms with Gasteiger partial charge in [0.15, 0.2) is 0 Å². The van der Waals surface area contributed by atoms with Gasteiger partial charge >= 0.3 is 0 Å². The first kappa shape index (κ1) is 9.44. The number of hydrogen-bond acceptors (Lipinski definition) is 4. The molecule has 0 fully saturated rings. The van der Waals surface area contributed by atoms with Gasteiger partial charge < -0.3 is 4.90 Å². The number of nitrogens with zero attached hydrogens (tertiary/aromatic N) is 5. The fraction of sp³-hybridized carbons (Fsp3) is 0.833. The molecule has 0 aromatic carbocycles. The average Bonchev–Trinajstić information content (AvgIpc) is 2.47. The van der Waals surface area contributed by atoms with Crippen molar-refractivity contribution in [2.24, 2.45) is 7.05 Å². The first-order chi connectivity index (χ1) is 5.79. The van der Waals surface area contributed by atoms with Crippen molar-refractivity contribution in [3.63, 3.8) is 0 Å². The van der Waals surface area contributed by atoms with E-state index in [1.807, 2.05) is 7.05 Å². The van der Waals surface area contributed by atoms with Crippen LogP contribution in [0.3, 0.4) is 0 Å². The molecule has 1 aromatic heterocycles. The molecule has 0 aliphatic rings. The first-order valence-electron chi connectivity index (χ1n) is 3.82. The lowest BCUT2D eigenvalue weighted by Crippen LogP contribution is -2.27. The monoisotopic (exact) mass is 233 g/mol. The molecule has 1 aromatic rings. The summed E-state index contributed by atoms with van der Waals surface area (Å²) in [5.74, 6) is 0.817. The van der Waals surface area contributed by atoms with Crippen molar-refractivity contribution < 1.29 is 0 Å². The van der Waals surface area contributed by atoms with Crippen molar-refractivity contribution in [2.45, 2.75) is 6.92 Å². The smallest absolute Gasteiger partial charge is 0.245 e. The normalized spacial score (nSPS) is 10.2. The van der Waals surface area contributed by atoms with Gasteiger partial charge in [0.25, 0.3) is 0 Å². The van der Waals surface area contributed by atoms with Crippen molar-refractivity contribution in [3.8, 4) is 0 Å². The molecule has 1 heterocycles. The maximum absolute atomic E-state index is 3.91. The average molecular weight is 234 g/mol. The van der Waals surface area contributed by atoms with Crippen LogP contribution in [0.2, 0.25) is 0 Å². The molecule has 68 valence electrons. The number of alkyl halides is 1. The number of anilines is 1.